The number of methoxy groups -OCH3 is 1. The van der Waals surface area contributed by atoms with Crippen molar-refractivity contribution in [3.8, 4) is 0 Å². The lowest BCUT2D eigenvalue weighted by Crippen LogP contribution is -2.35. The largest absolute Gasteiger partial charge is 0.418 e. The fourth-order valence-corrected chi connectivity index (χ4v) is 1.67. The molecule has 0 unspecified atom stereocenters. The fourth-order valence-electron chi connectivity index (χ4n) is 1.67. The molecule has 18 heavy (non-hydrogen) atoms. The Labute approximate surface area is 104 Å². The predicted molar refractivity (Wildman–Crippen MR) is 65.4 cm³/mol. The highest BCUT2D eigenvalue weighted by Gasteiger charge is 2.33. The van der Waals surface area contributed by atoms with Gasteiger partial charge in [0, 0.05) is 18.5 Å². The molecule has 0 fully saturated rings. The molecule has 0 atom stereocenters. The number of anilines is 2. The summed E-state index contributed by atoms with van der Waals surface area (Å²) in [5.41, 5.74) is 4.11. The molecule has 1 rings (SSSR count). The van der Waals surface area contributed by atoms with Crippen molar-refractivity contribution >= 4 is 11.4 Å². The number of benzene rings is 1. The van der Waals surface area contributed by atoms with Gasteiger partial charge in [-0.15, -0.1) is 0 Å². The molecule has 3 N–H and O–H groups in total. The highest BCUT2D eigenvalue weighted by molar-refractivity contribution is 5.59. The van der Waals surface area contributed by atoms with E-state index in [2.05, 4.69) is 5.32 Å². The first-order valence-electron chi connectivity index (χ1n) is 5.39. The van der Waals surface area contributed by atoms with Gasteiger partial charge >= 0.3 is 6.18 Å². The highest BCUT2D eigenvalue weighted by atomic mass is 19.4. The standard InChI is InChI=1S/C12H17F3N2O/c1-11(2,7-18-3)17-8-4-5-10(16)9(6-8)12(13,14)15/h4-6,17H,7,16H2,1-3H3. The molecule has 102 valence electrons. The number of ether oxygens (including phenoxy) is 1. The Morgan fingerprint density at radius 3 is 2.39 bits per heavy atom. The number of nitrogen functional groups attached to an aromatic ring is 1. The smallest absolute Gasteiger partial charge is 0.398 e. The van der Waals surface area contributed by atoms with E-state index in [4.69, 9.17) is 10.5 Å². The summed E-state index contributed by atoms with van der Waals surface area (Å²) in [6.07, 6.45) is -4.45. The van der Waals surface area contributed by atoms with Crippen molar-refractivity contribution in [1.29, 1.82) is 0 Å². The third kappa shape index (κ3) is 3.80. The van der Waals surface area contributed by atoms with Crippen LogP contribution < -0.4 is 11.1 Å². The van der Waals surface area contributed by atoms with Crippen LogP contribution >= 0.6 is 0 Å². The second-order valence-electron chi connectivity index (χ2n) is 4.74. The van der Waals surface area contributed by atoms with E-state index >= 15 is 0 Å². The minimum absolute atomic E-state index is 0.280. The van der Waals surface area contributed by atoms with E-state index in [9.17, 15) is 13.2 Å². The van der Waals surface area contributed by atoms with Crippen LogP contribution in [0.5, 0.6) is 0 Å². The van der Waals surface area contributed by atoms with Gasteiger partial charge in [0.1, 0.15) is 0 Å². The molecule has 0 radical (unpaired) electrons. The summed E-state index contributed by atoms with van der Waals surface area (Å²) >= 11 is 0. The van der Waals surface area contributed by atoms with Crippen molar-refractivity contribution in [2.45, 2.75) is 25.6 Å². The van der Waals surface area contributed by atoms with Crippen LogP contribution in [0, 0.1) is 0 Å². The first kappa shape index (κ1) is 14.6. The number of nitrogens with one attached hydrogen (secondary N) is 1. The van der Waals surface area contributed by atoms with Crippen LogP contribution in [0.3, 0.4) is 0 Å². The van der Waals surface area contributed by atoms with Crippen molar-refractivity contribution in [2.75, 3.05) is 24.8 Å². The lowest BCUT2D eigenvalue weighted by atomic mass is 10.1. The van der Waals surface area contributed by atoms with Gasteiger partial charge < -0.3 is 15.8 Å². The molecule has 3 nitrogen and oxygen atoms in total. The minimum atomic E-state index is -4.45. The first-order valence-corrected chi connectivity index (χ1v) is 5.39. The summed E-state index contributed by atoms with van der Waals surface area (Å²) in [6, 6.07) is 3.77. The molecular weight excluding hydrogens is 245 g/mol. The van der Waals surface area contributed by atoms with E-state index < -0.39 is 17.3 Å². The van der Waals surface area contributed by atoms with Crippen LogP contribution in [0.1, 0.15) is 19.4 Å². The molecule has 0 saturated carbocycles. The van der Waals surface area contributed by atoms with E-state index in [0.29, 0.717) is 12.3 Å². The number of rotatable bonds is 4. The second kappa shape index (κ2) is 5.06. The summed E-state index contributed by atoms with van der Waals surface area (Å²) in [4.78, 5) is 0. The average Bonchev–Trinajstić information content (AvgIpc) is 2.18. The normalized spacial score (nSPS) is 12.6. The molecule has 0 aliphatic carbocycles. The van der Waals surface area contributed by atoms with Crippen molar-refractivity contribution in [3.63, 3.8) is 0 Å². The van der Waals surface area contributed by atoms with Crippen LogP contribution in [-0.4, -0.2) is 19.3 Å². The SMILES string of the molecule is COCC(C)(C)Nc1ccc(N)c(C(F)(F)F)c1. The maximum absolute atomic E-state index is 12.7. The Kier molecular flexibility index (Phi) is 4.11. The van der Waals surface area contributed by atoms with Gasteiger partial charge in [-0.1, -0.05) is 0 Å². The van der Waals surface area contributed by atoms with Gasteiger partial charge in [-0.05, 0) is 32.0 Å². The van der Waals surface area contributed by atoms with Gasteiger partial charge in [-0.3, -0.25) is 0 Å². The molecule has 0 saturated heterocycles. The summed E-state index contributed by atoms with van der Waals surface area (Å²) in [7, 11) is 1.54. The van der Waals surface area contributed by atoms with Gasteiger partial charge in [0.05, 0.1) is 17.7 Å². The molecule has 0 bridgehead atoms. The van der Waals surface area contributed by atoms with Crippen molar-refractivity contribution in [1.82, 2.24) is 0 Å². The van der Waals surface area contributed by atoms with Gasteiger partial charge in [0.25, 0.3) is 0 Å². The molecule has 0 amide bonds. The number of alkyl halides is 3. The van der Waals surface area contributed by atoms with Crippen LogP contribution in [0.15, 0.2) is 18.2 Å². The summed E-state index contributed by atoms with van der Waals surface area (Å²) in [5, 5.41) is 2.98. The molecule has 1 aromatic carbocycles. The maximum Gasteiger partial charge on any atom is 0.418 e. The minimum Gasteiger partial charge on any atom is -0.398 e. The highest BCUT2D eigenvalue weighted by Crippen LogP contribution is 2.35. The number of hydrogen-bond donors (Lipinski definition) is 2. The van der Waals surface area contributed by atoms with Gasteiger partial charge in [0.2, 0.25) is 0 Å². The predicted octanol–water partition coefficient (Wildman–Crippen LogP) is 3.12. The Morgan fingerprint density at radius 2 is 1.89 bits per heavy atom. The summed E-state index contributed by atoms with van der Waals surface area (Å²) in [5.74, 6) is 0. The molecule has 0 heterocycles. The van der Waals surface area contributed by atoms with Crippen LogP contribution in [-0.2, 0) is 10.9 Å². The number of halogens is 3. The zero-order valence-electron chi connectivity index (χ0n) is 10.6. The molecule has 1 aromatic rings. The molecule has 0 aliphatic rings. The van der Waals surface area contributed by atoms with E-state index in [0.717, 1.165) is 6.07 Å². The Hall–Kier alpha value is -1.43. The van der Waals surface area contributed by atoms with Gasteiger partial charge in [-0.2, -0.15) is 13.2 Å². The Balaban J connectivity index is 2.99. The Morgan fingerprint density at radius 1 is 1.28 bits per heavy atom. The van der Waals surface area contributed by atoms with Crippen LogP contribution in [0.4, 0.5) is 24.5 Å². The lowest BCUT2D eigenvalue weighted by Gasteiger charge is -2.27. The van der Waals surface area contributed by atoms with Gasteiger partial charge in [-0.25, -0.2) is 0 Å². The van der Waals surface area contributed by atoms with E-state index in [-0.39, 0.29) is 5.69 Å². The monoisotopic (exact) mass is 262 g/mol. The van der Waals surface area contributed by atoms with Crippen molar-refractivity contribution in [3.05, 3.63) is 23.8 Å². The van der Waals surface area contributed by atoms with Gasteiger partial charge in [0.15, 0.2) is 0 Å². The van der Waals surface area contributed by atoms with E-state index in [1.54, 1.807) is 0 Å². The maximum atomic E-state index is 12.7. The summed E-state index contributed by atoms with van der Waals surface area (Å²) in [6.45, 7) is 4.04. The van der Waals surface area contributed by atoms with E-state index in [1.807, 2.05) is 13.8 Å². The van der Waals surface area contributed by atoms with Crippen LogP contribution in [0.2, 0.25) is 0 Å². The first-order chi connectivity index (χ1) is 8.15. The number of hydrogen-bond acceptors (Lipinski definition) is 3. The zero-order chi connectivity index (χ0) is 14.0. The Bertz CT molecular complexity index is 416. The fraction of sp³-hybridized carbons (Fsp3) is 0.500. The lowest BCUT2D eigenvalue weighted by molar-refractivity contribution is -0.136. The molecular formula is C12H17F3N2O. The summed E-state index contributed by atoms with van der Waals surface area (Å²) < 4.78 is 43.0. The average molecular weight is 262 g/mol. The van der Waals surface area contributed by atoms with Crippen LogP contribution in [0.25, 0.3) is 0 Å². The molecule has 0 aromatic heterocycles. The third-order valence-electron chi connectivity index (χ3n) is 2.35. The topological polar surface area (TPSA) is 47.3 Å². The van der Waals surface area contributed by atoms with Crippen molar-refractivity contribution < 1.29 is 17.9 Å². The number of nitrogens with two attached hydrogens (primary N) is 1. The quantitative estimate of drug-likeness (QED) is 0.819. The third-order valence-corrected chi connectivity index (χ3v) is 2.35. The van der Waals surface area contributed by atoms with Crippen molar-refractivity contribution in [2.24, 2.45) is 0 Å². The molecule has 6 heteroatoms. The van der Waals surface area contributed by atoms with E-state index in [1.165, 1.54) is 19.2 Å². The zero-order valence-corrected chi connectivity index (χ0v) is 10.6. The molecule has 0 aliphatic heterocycles. The molecule has 0 spiro atoms. The second-order valence-corrected chi connectivity index (χ2v) is 4.74.